The van der Waals surface area contributed by atoms with Gasteiger partial charge in [0.2, 0.25) is 5.91 Å². The molecule has 1 fully saturated rings. The highest BCUT2D eigenvalue weighted by atomic mass is 16.4. The van der Waals surface area contributed by atoms with E-state index in [4.69, 9.17) is 0 Å². The number of hydrogen-bond acceptors (Lipinski definition) is 3. The topological polar surface area (TPSA) is 86.3 Å². The van der Waals surface area contributed by atoms with Crippen molar-refractivity contribution in [2.45, 2.75) is 26.3 Å². The molecule has 0 spiro atoms. The Morgan fingerprint density at radius 2 is 2.16 bits per heavy atom. The van der Waals surface area contributed by atoms with E-state index < -0.39 is 17.8 Å². The Labute approximate surface area is 111 Å². The average molecular weight is 265 g/mol. The van der Waals surface area contributed by atoms with Crippen molar-refractivity contribution in [1.82, 2.24) is 15.1 Å². The van der Waals surface area contributed by atoms with Gasteiger partial charge in [0.1, 0.15) is 0 Å². The van der Waals surface area contributed by atoms with Gasteiger partial charge in [-0.05, 0) is 18.8 Å². The Morgan fingerprint density at radius 1 is 1.47 bits per heavy atom. The Hall–Kier alpha value is -1.85. The minimum Gasteiger partial charge on any atom is -0.481 e. The van der Waals surface area contributed by atoms with Gasteiger partial charge >= 0.3 is 5.97 Å². The highest BCUT2D eigenvalue weighted by molar-refractivity contribution is 5.85. The molecule has 3 atom stereocenters. The van der Waals surface area contributed by atoms with E-state index in [1.807, 2.05) is 6.92 Å². The van der Waals surface area contributed by atoms with Crippen molar-refractivity contribution in [1.29, 1.82) is 0 Å². The number of rotatable bonds is 4. The Morgan fingerprint density at radius 3 is 2.74 bits per heavy atom. The fourth-order valence-electron chi connectivity index (χ4n) is 2.84. The number of H-pyrrole nitrogens is 1. The van der Waals surface area contributed by atoms with Gasteiger partial charge in [-0.1, -0.05) is 6.92 Å². The van der Waals surface area contributed by atoms with E-state index in [0.717, 1.165) is 5.56 Å². The third-order valence-corrected chi connectivity index (χ3v) is 3.78. The molecule has 0 aliphatic heterocycles. The summed E-state index contributed by atoms with van der Waals surface area (Å²) in [7, 11) is 1.71. The average Bonchev–Trinajstić information content (AvgIpc) is 2.97. The van der Waals surface area contributed by atoms with Gasteiger partial charge in [0.05, 0.1) is 18.0 Å². The van der Waals surface area contributed by atoms with Crippen molar-refractivity contribution >= 4 is 11.9 Å². The van der Waals surface area contributed by atoms with E-state index in [9.17, 15) is 14.7 Å². The molecule has 19 heavy (non-hydrogen) atoms. The zero-order chi connectivity index (χ0) is 14.0. The number of aromatic amines is 1. The number of carboxylic acid groups (broad SMARTS) is 1. The second-order valence-electron chi connectivity index (χ2n) is 5.43. The van der Waals surface area contributed by atoms with Crippen LogP contribution in [0.25, 0.3) is 0 Å². The summed E-state index contributed by atoms with van der Waals surface area (Å²) >= 11 is 0. The van der Waals surface area contributed by atoms with Crippen LogP contribution in [-0.4, -0.2) is 39.1 Å². The molecule has 0 radical (unpaired) electrons. The zero-order valence-corrected chi connectivity index (χ0v) is 11.2. The van der Waals surface area contributed by atoms with Crippen LogP contribution in [0.4, 0.5) is 0 Å². The van der Waals surface area contributed by atoms with Crippen LogP contribution in [0.5, 0.6) is 0 Å². The van der Waals surface area contributed by atoms with Gasteiger partial charge in [0.15, 0.2) is 0 Å². The predicted molar refractivity (Wildman–Crippen MR) is 68.1 cm³/mol. The summed E-state index contributed by atoms with van der Waals surface area (Å²) in [5, 5.41) is 15.7. The number of aromatic nitrogens is 2. The quantitative estimate of drug-likeness (QED) is 0.854. The molecule has 1 saturated carbocycles. The van der Waals surface area contributed by atoms with E-state index in [1.165, 1.54) is 0 Å². The molecule has 6 heteroatoms. The van der Waals surface area contributed by atoms with Gasteiger partial charge in [-0.15, -0.1) is 0 Å². The molecule has 104 valence electrons. The van der Waals surface area contributed by atoms with Gasteiger partial charge in [-0.2, -0.15) is 5.10 Å². The van der Waals surface area contributed by atoms with Crippen molar-refractivity contribution < 1.29 is 14.7 Å². The number of carbonyl (C=O) groups is 2. The maximum absolute atomic E-state index is 12.4. The molecule has 2 rings (SSSR count). The Kier molecular flexibility index (Phi) is 3.87. The van der Waals surface area contributed by atoms with Crippen molar-refractivity contribution in [3.8, 4) is 0 Å². The van der Waals surface area contributed by atoms with Crippen molar-refractivity contribution in [2.75, 3.05) is 7.05 Å². The van der Waals surface area contributed by atoms with E-state index >= 15 is 0 Å². The SMILES string of the molecule is CC1CC(C(=O)O)C(C(=O)N(C)Cc2cn[nH]c2)C1. The normalized spacial score (nSPS) is 26.3. The molecule has 1 aliphatic rings. The van der Waals surface area contributed by atoms with Gasteiger partial charge in [0, 0.05) is 25.4 Å². The van der Waals surface area contributed by atoms with Gasteiger partial charge in [-0.3, -0.25) is 14.7 Å². The van der Waals surface area contributed by atoms with Crippen molar-refractivity contribution in [3.63, 3.8) is 0 Å². The number of aliphatic carboxylic acids is 1. The monoisotopic (exact) mass is 265 g/mol. The number of hydrogen-bond donors (Lipinski definition) is 2. The summed E-state index contributed by atoms with van der Waals surface area (Å²) < 4.78 is 0. The molecular formula is C13H19N3O3. The fraction of sp³-hybridized carbons (Fsp3) is 0.615. The molecule has 0 bridgehead atoms. The van der Waals surface area contributed by atoms with Crippen LogP contribution in [0, 0.1) is 17.8 Å². The lowest BCUT2D eigenvalue weighted by atomic mass is 9.95. The lowest BCUT2D eigenvalue weighted by Gasteiger charge is -2.23. The number of amides is 1. The van der Waals surface area contributed by atoms with Crippen LogP contribution in [0.15, 0.2) is 12.4 Å². The first-order valence-electron chi connectivity index (χ1n) is 6.44. The Balaban J connectivity index is 2.03. The second-order valence-corrected chi connectivity index (χ2v) is 5.43. The number of carbonyl (C=O) groups excluding carboxylic acids is 1. The van der Waals surface area contributed by atoms with Crippen LogP contribution in [0.1, 0.15) is 25.3 Å². The van der Waals surface area contributed by atoms with Gasteiger partial charge in [-0.25, -0.2) is 0 Å². The standard InChI is InChI=1S/C13H19N3O3/c1-8-3-10(11(4-8)13(18)19)12(17)16(2)7-9-5-14-15-6-9/h5-6,8,10-11H,3-4,7H2,1-2H3,(H,14,15)(H,18,19). The molecule has 0 saturated heterocycles. The third-order valence-electron chi connectivity index (χ3n) is 3.78. The molecule has 1 aromatic heterocycles. The number of nitrogens with zero attached hydrogens (tertiary/aromatic N) is 2. The lowest BCUT2D eigenvalue weighted by molar-refractivity contribution is -0.148. The van der Waals surface area contributed by atoms with E-state index in [2.05, 4.69) is 10.2 Å². The summed E-state index contributed by atoms with van der Waals surface area (Å²) in [6.07, 6.45) is 4.64. The number of carboxylic acids is 1. The summed E-state index contributed by atoms with van der Waals surface area (Å²) in [6, 6.07) is 0. The van der Waals surface area contributed by atoms with Crippen molar-refractivity contribution in [2.24, 2.45) is 17.8 Å². The molecule has 1 aromatic rings. The third kappa shape index (κ3) is 2.94. The summed E-state index contributed by atoms with van der Waals surface area (Å²) in [6.45, 7) is 2.45. The summed E-state index contributed by atoms with van der Waals surface area (Å²) in [5.74, 6) is -1.60. The van der Waals surface area contributed by atoms with Crippen LogP contribution >= 0.6 is 0 Å². The predicted octanol–water partition coefficient (Wildman–Crippen LogP) is 1.11. The molecule has 1 aliphatic carbocycles. The highest BCUT2D eigenvalue weighted by Gasteiger charge is 2.42. The fourth-order valence-corrected chi connectivity index (χ4v) is 2.84. The molecule has 3 unspecified atom stereocenters. The first-order chi connectivity index (χ1) is 8.99. The minimum atomic E-state index is -0.862. The molecule has 1 heterocycles. The van der Waals surface area contributed by atoms with Gasteiger partial charge < -0.3 is 10.0 Å². The Bertz CT molecular complexity index is 458. The molecular weight excluding hydrogens is 246 g/mol. The highest BCUT2D eigenvalue weighted by Crippen LogP contribution is 2.37. The largest absolute Gasteiger partial charge is 0.481 e. The maximum atomic E-state index is 12.4. The zero-order valence-electron chi connectivity index (χ0n) is 11.2. The van der Waals surface area contributed by atoms with Gasteiger partial charge in [0.25, 0.3) is 0 Å². The minimum absolute atomic E-state index is 0.0852. The molecule has 2 N–H and O–H groups in total. The van der Waals surface area contributed by atoms with Crippen LogP contribution in [0.3, 0.4) is 0 Å². The summed E-state index contributed by atoms with van der Waals surface area (Å²) in [5.41, 5.74) is 0.911. The van der Waals surface area contributed by atoms with Crippen molar-refractivity contribution in [3.05, 3.63) is 18.0 Å². The van der Waals surface area contributed by atoms with E-state index in [-0.39, 0.29) is 11.8 Å². The van der Waals surface area contributed by atoms with Crippen LogP contribution in [0.2, 0.25) is 0 Å². The second kappa shape index (κ2) is 5.42. The first kappa shape index (κ1) is 13.6. The lowest BCUT2D eigenvalue weighted by Crippen LogP contribution is -2.36. The van der Waals surface area contributed by atoms with Crippen LogP contribution < -0.4 is 0 Å². The maximum Gasteiger partial charge on any atom is 0.307 e. The van der Waals surface area contributed by atoms with E-state index in [1.54, 1.807) is 24.3 Å². The van der Waals surface area contributed by atoms with Crippen LogP contribution in [-0.2, 0) is 16.1 Å². The molecule has 0 aromatic carbocycles. The number of nitrogens with one attached hydrogen (secondary N) is 1. The molecule has 1 amide bonds. The molecule has 6 nitrogen and oxygen atoms in total. The summed E-state index contributed by atoms with van der Waals surface area (Å²) in [4.78, 5) is 25.2. The smallest absolute Gasteiger partial charge is 0.307 e. The first-order valence-corrected chi connectivity index (χ1v) is 6.44. The van der Waals surface area contributed by atoms with E-state index in [0.29, 0.717) is 19.4 Å².